The van der Waals surface area contributed by atoms with E-state index in [1.54, 1.807) is 18.2 Å². The lowest BCUT2D eigenvalue weighted by molar-refractivity contribution is 0.201. The third kappa shape index (κ3) is 6.70. The largest absolute Gasteiger partial charge is 0.491 e. The van der Waals surface area contributed by atoms with Crippen molar-refractivity contribution in [3.63, 3.8) is 0 Å². The summed E-state index contributed by atoms with van der Waals surface area (Å²) in [7, 11) is -7.78. The molecule has 0 saturated carbocycles. The Morgan fingerprint density at radius 3 is 1.71 bits per heavy atom. The van der Waals surface area contributed by atoms with Crippen molar-refractivity contribution in [3.8, 4) is 11.5 Å². The van der Waals surface area contributed by atoms with Gasteiger partial charge >= 0.3 is 0 Å². The van der Waals surface area contributed by atoms with Gasteiger partial charge in [0.1, 0.15) is 24.7 Å². The number of aliphatic hydroxyl groups is 2. The highest BCUT2D eigenvalue weighted by Crippen LogP contribution is 2.26. The van der Waals surface area contributed by atoms with E-state index in [0.717, 1.165) is 0 Å². The van der Waals surface area contributed by atoms with Crippen molar-refractivity contribution in [2.24, 2.45) is 0 Å². The minimum atomic E-state index is -3.99. The first-order valence-electron chi connectivity index (χ1n) is 10.3. The summed E-state index contributed by atoms with van der Waals surface area (Å²) < 4.78 is 64.6. The lowest BCUT2D eigenvalue weighted by atomic mass is 10.2. The summed E-state index contributed by atoms with van der Waals surface area (Å²) in [6.07, 6.45) is 0. The fraction of sp³-hybridized carbons (Fsp3) is 0.217. The highest BCUT2D eigenvalue weighted by atomic mass is 32.2. The zero-order valence-corrected chi connectivity index (χ0v) is 19.8. The van der Waals surface area contributed by atoms with E-state index in [1.165, 1.54) is 54.6 Å². The monoisotopic (exact) mass is 507 g/mol. The minimum Gasteiger partial charge on any atom is -0.491 e. The van der Waals surface area contributed by atoms with Gasteiger partial charge in [-0.1, -0.05) is 18.2 Å². The SMILES string of the molecule is O=S(=O)(Cc1ccccc1NS(=O)(=O)c1ccc(OCCO)cc1)c1ccc(OCCO)cc1. The van der Waals surface area contributed by atoms with Crippen LogP contribution in [0.25, 0.3) is 0 Å². The van der Waals surface area contributed by atoms with Crippen LogP contribution < -0.4 is 14.2 Å². The summed E-state index contributed by atoms with van der Waals surface area (Å²) in [6.45, 7) is -0.139. The van der Waals surface area contributed by atoms with Crippen molar-refractivity contribution in [2.45, 2.75) is 15.5 Å². The molecule has 34 heavy (non-hydrogen) atoms. The molecule has 182 valence electrons. The highest BCUT2D eigenvalue weighted by Gasteiger charge is 2.21. The first kappa shape index (κ1) is 25.5. The number of para-hydroxylation sites is 1. The Labute approximate surface area is 198 Å². The number of nitrogens with one attached hydrogen (secondary N) is 1. The Morgan fingerprint density at radius 1 is 0.676 bits per heavy atom. The first-order valence-corrected chi connectivity index (χ1v) is 13.4. The first-order chi connectivity index (χ1) is 16.2. The van der Waals surface area contributed by atoms with E-state index in [4.69, 9.17) is 19.7 Å². The number of ether oxygens (including phenoxy) is 2. The molecule has 11 heteroatoms. The van der Waals surface area contributed by atoms with Crippen molar-refractivity contribution in [1.29, 1.82) is 0 Å². The van der Waals surface area contributed by atoms with E-state index >= 15 is 0 Å². The molecule has 0 fully saturated rings. The van der Waals surface area contributed by atoms with Gasteiger partial charge in [-0.2, -0.15) is 0 Å². The van der Waals surface area contributed by atoms with Crippen LogP contribution in [0.4, 0.5) is 5.69 Å². The van der Waals surface area contributed by atoms with Crippen LogP contribution in [0, 0.1) is 0 Å². The number of sulfonamides is 1. The maximum atomic E-state index is 12.9. The molecule has 3 aromatic rings. The van der Waals surface area contributed by atoms with Gasteiger partial charge in [0, 0.05) is 0 Å². The second-order valence-corrected chi connectivity index (χ2v) is 10.8. The van der Waals surface area contributed by atoms with E-state index in [1.807, 2.05) is 0 Å². The van der Waals surface area contributed by atoms with Crippen LogP contribution in [0.5, 0.6) is 11.5 Å². The molecule has 3 aromatic carbocycles. The van der Waals surface area contributed by atoms with Crippen LogP contribution in [-0.4, -0.2) is 53.5 Å². The molecular weight excluding hydrogens is 482 g/mol. The van der Waals surface area contributed by atoms with E-state index in [9.17, 15) is 16.8 Å². The molecule has 0 saturated heterocycles. The summed E-state index contributed by atoms with van der Waals surface area (Å²) in [6, 6.07) is 17.7. The molecule has 0 amide bonds. The number of anilines is 1. The number of rotatable bonds is 12. The summed E-state index contributed by atoms with van der Waals surface area (Å²) >= 11 is 0. The quantitative estimate of drug-likeness (QED) is 0.339. The van der Waals surface area contributed by atoms with Crippen LogP contribution in [-0.2, 0) is 25.6 Å². The fourth-order valence-corrected chi connectivity index (χ4v) is 5.50. The van der Waals surface area contributed by atoms with Crippen molar-refractivity contribution < 1.29 is 36.5 Å². The maximum Gasteiger partial charge on any atom is 0.261 e. The van der Waals surface area contributed by atoms with E-state index < -0.39 is 25.6 Å². The molecule has 0 unspecified atom stereocenters. The number of sulfone groups is 1. The normalized spacial score (nSPS) is 11.7. The van der Waals surface area contributed by atoms with Crippen molar-refractivity contribution >= 4 is 25.5 Å². The summed E-state index contributed by atoms with van der Waals surface area (Å²) in [4.78, 5) is 0.0277. The standard InChI is InChI=1S/C23H25NO8S2/c25-13-15-31-19-5-9-21(10-6-19)33(27,28)17-18-3-1-2-4-23(18)24-34(29,30)22-11-7-20(8-12-22)32-16-14-26/h1-12,24-26H,13-17H2. The molecule has 0 aliphatic carbocycles. The molecule has 0 aliphatic rings. The van der Waals surface area contributed by atoms with Gasteiger partial charge in [-0.25, -0.2) is 16.8 Å². The predicted molar refractivity (Wildman–Crippen MR) is 126 cm³/mol. The molecule has 0 bridgehead atoms. The molecule has 0 spiro atoms. The Morgan fingerprint density at radius 2 is 1.18 bits per heavy atom. The van der Waals surface area contributed by atoms with Crippen molar-refractivity contribution in [2.75, 3.05) is 31.1 Å². The van der Waals surface area contributed by atoms with Crippen LogP contribution in [0.1, 0.15) is 5.56 Å². The van der Waals surface area contributed by atoms with Gasteiger partial charge in [-0.3, -0.25) is 4.72 Å². The van der Waals surface area contributed by atoms with Crippen molar-refractivity contribution in [3.05, 3.63) is 78.4 Å². The maximum absolute atomic E-state index is 12.9. The average Bonchev–Trinajstić information content (AvgIpc) is 2.83. The Hall–Kier alpha value is -3.12. The highest BCUT2D eigenvalue weighted by molar-refractivity contribution is 7.92. The van der Waals surface area contributed by atoms with Crippen LogP contribution in [0.15, 0.2) is 82.6 Å². The zero-order valence-electron chi connectivity index (χ0n) is 18.1. The molecule has 0 heterocycles. The Bertz CT molecular complexity index is 1190. The lowest BCUT2D eigenvalue weighted by Crippen LogP contribution is -2.15. The van der Waals surface area contributed by atoms with Gasteiger partial charge < -0.3 is 19.7 Å². The van der Waals surface area contributed by atoms with Crippen LogP contribution in [0.2, 0.25) is 0 Å². The Balaban J connectivity index is 1.78. The van der Waals surface area contributed by atoms with Gasteiger partial charge in [0.25, 0.3) is 10.0 Å². The van der Waals surface area contributed by atoms with Gasteiger partial charge in [0.2, 0.25) is 0 Å². The summed E-state index contributed by atoms with van der Waals surface area (Å²) in [5.41, 5.74) is 0.434. The topological polar surface area (TPSA) is 139 Å². The van der Waals surface area contributed by atoms with Gasteiger partial charge in [-0.15, -0.1) is 0 Å². The van der Waals surface area contributed by atoms with E-state index in [-0.39, 0.29) is 47.5 Å². The lowest BCUT2D eigenvalue weighted by Gasteiger charge is -2.14. The molecular formula is C23H25NO8S2. The number of hydrogen-bond donors (Lipinski definition) is 3. The molecule has 3 rings (SSSR count). The molecule has 0 atom stereocenters. The number of benzene rings is 3. The van der Waals surface area contributed by atoms with Crippen LogP contribution >= 0.6 is 0 Å². The second kappa shape index (κ2) is 11.3. The summed E-state index contributed by atoms with van der Waals surface area (Å²) in [5, 5.41) is 17.6. The van der Waals surface area contributed by atoms with E-state index in [0.29, 0.717) is 11.5 Å². The predicted octanol–water partition coefficient (Wildman–Crippen LogP) is 2.20. The summed E-state index contributed by atoms with van der Waals surface area (Å²) in [5.74, 6) is 0.414. The molecule has 9 nitrogen and oxygen atoms in total. The number of hydrogen-bond acceptors (Lipinski definition) is 8. The molecule has 3 N–H and O–H groups in total. The number of aliphatic hydroxyl groups excluding tert-OH is 2. The molecule has 0 aromatic heterocycles. The third-order valence-corrected chi connectivity index (χ3v) is 7.71. The van der Waals surface area contributed by atoms with Gasteiger partial charge in [-0.05, 0) is 60.2 Å². The fourth-order valence-electron chi connectivity index (χ4n) is 3.02. The van der Waals surface area contributed by atoms with Crippen LogP contribution in [0.3, 0.4) is 0 Å². The molecule has 0 radical (unpaired) electrons. The van der Waals surface area contributed by atoms with Gasteiger partial charge in [0.15, 0.2) is 9.84 Å². The smallest absolute Gasteiger partial charge is 0.261 e. The minimum absolute atomic E-state index is 0.0278. The average molecular weight is 508 g/mol. The van der Waals surface area contributed by atoms with Gasteiger partial charge in [0.05, 0.1) is 34.4 Å². The second-order valence-electron chi connectivity index (χ2n) is 7.11. The third-order valence-electron chi connectivity index (χ3n) is 4.64. The molecule has 0 aliphatic heterocycles. The zero-order chi connectivity index (χ0) is 24.6. The van der Waals surface area contributed by atoms with E-state index in [2.05, 4.69) is 4.72 Å². The Kier molecular flexibility index (Phi) is 8.51. The van der Waals surface area contributed by atoms with Crippen molar-refractivity contribution in [1.82, 2.24) is 0 Å².